The Morgan fingerprint density at radius 1 is 1.19 bits per heavy atom. The van der Waals surface area contributed by atoms with E-state index in [4.69, 9.17) is 14.6 Å². The molecule has 0 fully saturated rings. The van der Waals surface area contributed by atoms with E-state index in [1.807, 2.05) is 25.1 Å². The van der Waals surface area contributed by atoms with Crippen LogP contribution in [0, 0.1) is 11.8 Å². The van der Waals surface area contributed by atoms with Crippen molar-refractivity contribution in [2.75, 3.05) is 33.1 Å². The standard InChI is InChI=1S/C30H30N4O8/c1-33(2)18-12-17-26(42-19(32-17)8-7-14-6-5-9-41-14)21-15(18)10-13-11-16-23(34(3)4)25(36)22(29(31)39)28(38)30(16,40)27(37)20(13)24(21)35/h5-9,12-13,16,23,36-37,40H,10-11H2,1-4H3,(H2,31,39)/t13-,16-,23-,30-/m0/s1. The van der Waals surface area contributed by atoms with Gasteiger partial charge >= 0.3 is 0 Å². The number of hydrogen-bond donors (Lipinski definition) is 4. The van der Waals surface area contributed by atoms with Crippen molar-refractivity contribution in [2.24, 2.45) is 17.6 Å². The average molecular weight is 575 g/mol. The largest absolute Gasteiger partial charge is 0.510 e. The zero-order valence-electron chi connectivity index (χ0n) is 23.4. The first-order chi connectivity index (χ1) is 19.9. The van der Waals surface area contributed by atoms with Gasteiger partial charge in [-0.25, -0.2) is 4.98 Å². The number of rotatable bonds is 5. The van der Waals surface area contributed by atoms with Gasteiger partial charge in [-0.2, -0.15) is 0 Å². The van der Waals surface area contributed by atoms with E-state index in [1.165, 1.54) is 11.2 Å². The number of Topliss-reactive ketones (excluding diaryl/α,β-unsaturated/α-hetero) is 2. The Labute approximate surface area is 240 Å². The fourth-order valence-corrected chi connectivity index (χ4v) is 6.71. The molecule has 3 aliphatic rings. The number of nitrogens with zero attached hydrogens (tertiary/aromatic N) is 3. The van der Waals surface area contributed by atoms with Crippen molar-refractivity contribution < 1.29 is 38.5 Å². The van der Waals surface area contributed by atoms with E-state index in [0.29, 0.717) is 16.8 Å². The summed E-state index contributed by atoms with van der Waals surface area (Å²) in [6.45, 7) is 0. The van der Waals surface area contributed by atoms with E-state index in [1.54, 1.807) is 38.4 Å². The number of allylic oxidation sites excluding steroid dienone is 1. The molecule has 1 amide bonds. The maximum absolute atomic E-state index is 14.3. The Morgan fingerprint density at radius 3 is 2.55 bits per heavy atom. The normalized spacial score (nSPS) is 25.8. The number of benzene rings is 1. The number of oxazole rings is 1. The number of aromatic nitrogens is 1. The molecule has 1 aromatic carbocycles. The van der Waals surface area contributed by atoms with Crippen molar-refractivity contribution in [2.45, 2.75) is 24.5 Å². The Morgan fingerprint density at radius 2 is 1.93 bits per heavy atom. The summed E-state index contributed by atoms with van der Waals surface area (Å²) in [5.74, 6) is -5.39. The van der Waals surface area contributed by atoms with Crippen molar-refractivity contribution in [1.82, 2.24) is 9.88 Å². The highest BCUT2D eigenvalue weighted by Crippen LogP contribution is 2.53. The lowest BCUT2D eigenvalue weighted by atomic mass is 9.58. The van der Waals surface area contributed by atoms with Gasteiger partial charge in [0.2, 0.25) is 11.7 Å². The van der Waals surface area contributed by atoms with Crippen LogP contribution in [-0.4, -0.2) is 82.5 Å². The fourth-order valence-electron chi connectivity index (χ4n) is 6.71. The Kier molecular flexibility index (Phi) is 6.17. The predicted molar refractivity (Wildman–Crippen MR) is 152 cm³/mol. The lowest BCUT2D eigenvalue weighted by Gasteiger charge is -2.50. The van der Waals surface area contributed by atoms with E-state index >= 15 is 0 Å². The summed E-state index contributed by atoms with van der Waals surface area (Å²) < 4.78 is 11.3. The topological polar surface area (TPSA) is 184 Å². The molecule has 0 bridgehead atoms. The van der Waals surface area contributed by atoms with Crippen molar-refractivity contribution in [3.63, 3.8) is 0 Å². The van der Waals surface area contributed by atoms with E-state index in [0.717, 1.165) is 5.69 Å². The SMILES string of the molecule is CN(C)c1cc2nc(C=Cc3ccco3)oc2c2c1C[C@H]1C[C@H]3[C@H](N(C)C)C(O)=C(C(N)=O)C(=O)[C@@]3(O)C(O)=C1C2=O. The Balaban J connectivity index is 1.55. The molecule has 0 spiro atoms. The molecule has 0 aliphatic heterocycles. The molecule has 2 aromatic heterocycles. The van der Waals surface area contributed by atoms with Gasteiger partial charge in [-0.05, 0) is 62.7 Å². The van der Waals surface area contributed by atoms with Crippen LogP contribution in [0.25, 0.3) is 23.3 Å². The van der Waals surface area contributed by atoms with E-state index < -0.39 is 58.0 Å². The molecular weight excluding hydrogens is 544 g/mol. The number of aliphatic hydroxyl groups is 3. The lowest BCUT2D eigenvalue weighted by molar-refractivity contribution is -0.148. The first-order valence-corrected chi connectivity index (χ1v) is 13.4. The maximum atomic E-state index is 14.3. The molecule has 42 heavy (non-hydrogen) atoms. The van der Waals surface area contributed by atoms with Gasteiger partial charge in [0, 0.05) is 37.3 Å². The number of likely N-dealkylation sites (N-methyl/N-ethyl adjacent to an activating group) is 1. The number of aliphatic hydroxyl groups excluding tert-OH is 2. The van der Waals surface area contributed by atoms with Crippen LogP contribution in [0.4, 0.5) is 5.69 Å². The average Bonchev–Trinajstić information content (AvgIpc) is 3.58. The van der Waals surface area contributed by atoms with E-state index in [2.05, 4.69) is 4.98 Å². The van der Waals surface area contributed by atoms with Crippen LogP contribution in [0.2, 0.25) is 0 Å². The third-order valence-electron chi connectivity index (χ3n) is 8.51. The second-order valence-electron chi connectivity index (χ2n) is 11.4. The summed E-state index contributed by atoms with van der Waals surface area (Å²) >= 11 is 0. The number of amides is 1. The van der Waals surface area contributed by atoms with Crippen LogP contribution in [0.1, 0.15) is 34.0 Å². The number of carbonyl (C=O) groups is 3. The molecule has 3 aromatic rings. The number of hydrogen-bond acceptors (Lipinski definition) is 11. The molecule has 5 N–H and O–H groups in total. The molecule has 0 saturated heterocycles. The molecule has 4 atom stereocenters. The van der Waals surface area contributed by atoms with Crippen LogP contribution in [-0.2, 0) is 16.0 Å². The molecule has 12 heteroatoms. The summed E-state index contributed by atoms with van der Waals surface area (Å²) in [5.41, 5.74) is 3.99. The van der Waals surface area contributed by atoms with Crippen LogP contribution < -0.4 is 10.6 Å². The molecule has 2 heterocycles. The van der Waals surface area contributed by atoms with Gasteiger partial charge in [0.15, 0.2) is 17.0 Å². The van der Waals surface area contributed by atoms with Crippen LogP contribution >= 0.6 is 0 Å². The summed E-state index contributed by atoms with van der Waals surface area (Å²) in [4.78, 5) is 47.9. The Hall–Kier alpha value is -4.68. The third-order valence-corrected chi connectivity index (χ3v) is 8.51. The molecule has 3 aliphatic carbocycles. The highest BCUT2D eigenvalue weighted by molar-refractivity contribution is 6.25. The smallest absolute Gasteiger partial charge is 0.255 e. The monoisotopic (exact) mass is 574 g/mol. The van der Waals surface area contributed by atoms with E-state index in [9.17, 15) is 29.7 Å². The minimum Gasteiger partial charge on any atom is -0.510 e. The van der Waals surface area contributed by atoms with Crippen molar-refractivity contribution in [1.29, 1.82) is 0 Å². The van der Waals surface area contributed by atoms with Gasteiger partial charge in [-0.1, -0.05) is 0 Å². The van der Waals surface area contributed by atoms with Crippen molar-refractivity contribution >= 4 is 46.4 Å². The Bertz CT molecular complexity index is 1760. The van der Waals surface area contributed by atoms with Gasteiger partial charge in [0.05, 0.1) is 17.9 Å². The first kappa shape index (κ1) is 27.5. The van der Waals surface area contributed by atoms with Crippen molar-refractivity contribution in [3.05, 3.63) is 69.9 Å². The summed E-state index contributed by atoms with van der Waals surface area (Å²) in [6.07, 6.45) is 5.14. The molecular formula is C30H30N4O8. The summed E-state index contributed by atoms with van der Waals surface area (Å²) in [6, 6.07) is 4.30. The molecule has 12 nitrogen and oxygen atoms in total. The zero-order valence-corrected chi connectivity index (χ0v) is 23.4. The molecule has 6 rings (SSSR count). The number of furan rings is 1. The second kappa shape index (κ2) is 9.43. The highest BCUT2D eigenvalue weighted by Gasteiger charge is 2.63. The predicted octanol–water partition coefficient (Wildman–Crippen LogP) is 2.39. The molecule has 0 saturated carbocycles. The number of primary amides is 1. The highest BCUT2D eigenvalue weighted by atomic mass is 16.4. The van der Waals surface area contributed by atoms with E-state index in [-0.39, 0.29) is 35.5 Å². The lowest BCUT2D eigenvalue weighted by Crippen LogP contribution is -2.63. The number of fused-ring (bicyclic) bond motifs is 5. The van der Waals surface area contributed by atoms with Crippen LogP contribution in [0.15, 0.2) is 56.0 Å². The molecule has 0 radical (unpaired) electrons. The van der Waals surface area contributed by atoms with Crippen molar-refractivity contribution in [3.8, 4) is 0 Å². The minimum absolute atomic E-state index is 0.0597. The van der Waals surface area contributed by atoms with Crippen LogP contribution in [0.5, 0.6) is 0 Å². The van der Waals surface area contributed by atoms with Crippen LogP contribution in [0.3, 0.4) is 0 Å². The summed E-state index contributed by atoms with van der Waals surface area (Å²) in [5, 5.41) is 34.4. The van der Waals surface area contributed by atoms with Gasteiger partial charge in [-0.15, -0.1) is 0 Å². The first-order valence-electron chi connectivity index (χ1n) is 13.4. The maximum Gasteiger partial charge on any atom is 0.255 e. The van der Waals surface area contributed by atoms with Gasteiger partial charge in [0.1, 0.15) is 28.4 Å². The van der Waals surface area contributed by atoms with Gasteiger partial charge < -0.3 is 34.8 Å². The second-order valence-corrected chi connectivity index (χ2v) is 11.4. The fraction of sp³-hybridized carbons (Fsp3) is 0.333. The zero-order chi connectivity index (χ0) is 30.2. The number of ketones is 2. The van der Waals surface area contributed by atoms with Gasteiger partial charge in [-0.3, -0.25) is 19.3 Å². The molecule has 218 valence electrons. The number of anilines is 1. The van der Waals surface area contributed by atoms with Gasteiger partial charge in [0.25, 0.3) is 5.91 Å². The summed E-state index contributed by atoms with van der Waals surface area (Å²) in [7, 11) is 6.89. The minimum atomic E-state index is -2.65. The quantitative estimate of drug-likeness (QED) is 0.328. The number of nitrogens with two attached hydrogens (primary N) is 1. The number of carbonyl (C=O) groups excluding carboxylic acids is 3. The third kappa shape index (κ3) is 3.75. The molecule has 0 unspecified atom stereocenters.